The van der Waals surface area contributed by atoms with Crippen molar-refractivity contribution in [2.75, 3.05) is 38.8 Å². The lowest BCUT2D eigenvalue weighted by Gasteiger charge is -2.42. The number of aromatic nitrogens is 5. The summed E-state index contributed by atoms with van der Waals surface area (Å²) in [6.07, 6.45) is 8.96. The fourth-order valence-corrected chi connectivity index (χ4v) is 5.22. The van der Waals surface area contributed by atoms with Crippen LogP contribution in [0.15, 0.2) is 67.5 Å². The number of carbonyl (C=O) groups is 1. The van der Waals surface area contributed by atoms with Crippen molar-refractivity contribution in [1.29, 1.82) is 0 Å². The molecule has 2 unspecified atom stereocenters. The summed E-state index contributed by atoms with van der Waals surface area (Å²) in [5.74, 6) is 2.28. The molecule has 1 aliphatic rings. The standard InChI is InChI=1S/C29H33ClN8O3/c1-20(22-6-7-24(40-2)25(13-22)41-3)33-28(39)14-23-18-36(17-21-5-4-8-31-16-21)11-12-38(23)27-15-26(30)34-29(35-27)37-10-9-32-19-37/h4-10,13,15-16,19-20,23H,11-12,14,17-18H2,1-3H3,(H,33,39). The Kier molecular flexibility index (Phi) is 8.95. The Morgan fingerprint density at radius 3 is 2.68 bits per heavy atom. The first kappa shape index (κ1) is 28.3. The maximum atomic E-state index is 13.4. The van der Waals surface area contributed by atoms with Crippen LogP contribution in [0.3, 0.4) is 0 Å². The van der Waals surface area contributed by atoms with E-state index in [1.807, 2.05) is 37.4 Å². The van der Waals surface area contributed by atoms with Crippen molar-refractivity contribution in [3.8, 4) is 17.4 Å². The number of nitrogens with zero attached hydrogens (tertiary/aromatic N) is 7. The van der Waals surface area contributed by atoms with Gasteiger partial charge in [-0.05, 0) is 36.2 Å². The number of amides is 1. The SMILES string of the molecule is COc1ccc(C(C)NC(=O)CC2CN(Cc3cccnc3)CCN2c2cc(Cl)nc(-n3ccnc3)n2)cc1OC. The summed E-state index contributed by atoms with van der Waals surface area (Å²) < 4.78 is 12.5. The Labute approximate surface area is 244 Å². The molecule has 4 heterocycles. The molecular weight excluding hydrogens is 544 g/mol. The minimum Gasteiger partial charge on any atom is -0.493 e. The van der Waals surface area contributed by atoms with E-state index in [0.717, 1.165) is 24.2 Å². The van der Waals surface area contributed by atoms with Gasteiger partial charge in [-0.25, -0.2) is 9.97 Å². The van der Waals surface area contributed by atoms with Gasteiger partial charge in [-0.2, -0.15) is 4.98 Å². The summed E-state index contributed by atoms with van der Waals surface area (Å²) in [7, 11) is 3.19. The number of piperazine rings is 1. The molecule has 0 aliphatic carbocycles. The third-order valence-electron chi connectivity index (χ3n) is 7.10. The van der Waals surface area contributed by atoms with E-state index in [4.69, 9.17) is 26.1 Å². The van der Waals surface area contributed by atoms with E-state index >= 15 is 0 Å². The van der Waals surface area contributed by atoms with Gasteiger partial charge in [0, 0.05) is 63.5 Å². The molecule has 41 heavy (non-hydrogen) atoms. The van der Waals surface area contributed by atoms with Gasteiger partial charge in [0.2, 0.25) is 11.9 Å². The van der Waals surface area contributed by atoms with Crippen LogP contribution in [0, 0.1) is 0 Å². The van der Waals surface area contributed by atoms with Crippen LogP contribution in [0.25, 0.3) is 5.95 Å². The lowest BCUT2D eigenvalue weighted by Crippen LogP contribution is -2.54. The van der Waals surface area contributed by atoms with Gasteiger partial charge in [-0.3, -0.25) is 19.2 Å². The van der Waals surface area contributed by atoms with Crippen molar-refractivity contribution >= 4 is 23.3 Å². The lowest BCUT2D eigenvalue weighted by molar-refractivity contribution is -0.122. The number of hydrogen-bond donors (Lipinski definition) is 1. The summed E-state index contributed by atoms with van der Waals surface area (Å²) >= 11 is 6.43. The molecule has 11 nitrogen and oxygen atoms in total. The minimum atomic E-state index is -0.229. The average Bonchev–Trinajstić information content (AvgIpc) is 3.52. The number of halogens is 1. The molecule has 1 aliphatic heterocycles. The van der Waals surface area contributed by atoms with Crippen LogP contribution in [0.1, 0.15) is 30.5 Å². The molecule has 0 spiro atoms. The molecule has 2 atom stereocenters. The maximum absolute atomic E-state index is 13.4. The van der Waals surface area contributed by atoms with Gasteiger partial charge in [-0.1, -0.05) is 23.7 Å². The predicted molar refractivity (Wildman–Crippen MR) is 156 cm³/mol. The van der Waals surface area contributed by atoms with Crippen molar-refractivity contribution in [2.45, 2.75) is 32.0 Å². The van der Waals surface area contributed by atoms with E-state index in [9.17, 15) is 4.79 Å². The molecule has 1 aromatic carbocycles. The molecule has 1 saturated heterocycles. The van der Waals surface area contributed by atoms with Crippen LogP contribution >= 0.6 is 11.6 Å². The van der Waals surface area contributed by atoms with Crippen LogP contribution < -0.4 is 19.7 Å². The molecule has 214 valence electrons. The summed E-state index contributed by atoms with van der Waals surface area (Å²) in [6.45, 7) is 4.81. The molecule has 1 amide bonds. The van der Waals surface area contributed by atoms with E-state index in [-0.39, 0.29) is 24.4 Å². The first-order valence-corrected chi connectivity index (χ1v) is 13.7. The van der Waals surface area contributed by atoms with Gasteiger partial charge in [0.05, 0.1) is 26.3 Å². The van der Waals surface area contributed by atoms with Crippen LogP contribution in [0.4, 0.5) is 5.82 Å². The number of rotatable bonds is 10. The largest absolute Gasteiger partial charge is 0.493 e. The van der Waals surface area contributed by atoms with Crippen molar-refractivity contribution in [1.82, 2.24) is 34.7 Å². The van der Waals surface area contributed by atoms with E-state index in [1.54, 1.807) is 49.8 Å². The third kappa shape index (κ3) is 6.93. The Bertz CT molecular complexity index is 1450. The number of nitrogens with one attached hydrogen (secondary N) is 1. The molecule has 0 radical (unpaired) electrons. The molecule has 12 heteroatoms. The predicted octanol–water partition coefficient (Wildman–Crippen LogP) is 3.69. The highest BCUT2D eigenvalue weighted by Crippen LogP contribution is 2.30. The van der Waals surface area contributed by atoms with Gasteiger partial charge in [0.25, 0.3) is 0 Å². The van der Waals surface area contributed by atoms with Gasteiger partial charge in [-0.15, -0.1) is 0 Å². The summed E-state index contributed by atoms with van der Waals surface area (Å²) in [5.41, 5.74) is 2.04. The smallest absolute Gasteiger partial charge is 0.238 e. The van der Waals surface area contributed by atoms with Crippen LogP contribution in [-0.2, 0) is 11.3 Å². The zero-order valence-corrected chi connectivity index (χ0v) is 24.0. The number of imidazole rings is 1. The Morgan fingerprint density at radius 1 is 1.10 bits per heavy atom. The monoisotopic (exact) mass is 576 g/mol. The molecule has 1 fully saturated rings. The van der Waals surface area contributed by atoms with Gasteiger partial charge in [0.1, 0.15) is 17.3 Å². The second-order valence-corrected chi connectivity index (χ2v) is 10.3. The second kappa shape index (κ2) is 13.0. The van der Waals surface area contributed by atoms with E-state index in [2.05, 4.69) is 36.1 Å². The number of hydrogen-bond acceptors (Lipinski definition) is 9. The highest BCUT2D eigenvalue weighted by Gasteiger charge is 2.31. The molecule has 0 saturated carbocycles. The van der Waals surface area contributed by atoms with E-state index < -0.39 is 0 Å². The van der Waals surface area contributed by atoms with Crippen LogP contribution in [0.5, 0.6) is 11.5 Å². The van der Waals surface area contributed by atoms with Gasteiger partial charge < -0.3 is 19.7 Å². The number of pyridine rings is 1. The number of methoxy groups -OCH3 is 2. The second-order valence-electron chi connectivity index (χ2n) is 9.87. The quantitative estimate of drug-likeness (QED) is 0.283. The topological polar surface area (TPSA) is 111 Å². The highest BCUT2D eigenvalue weighted by molar-refractivity contribution is 6.29. The van der Waals surface area contributed by atoms with Crippen molar-refractivity contribution < 1.29 is 14.3 Å². The summed E-state index contributed by atoms with van der Waals surface area (Å²) in [6, 6.07) is 11.0. The number of benzene rings is 1. The Balaban J connectivity index is 1.35. The summed E-state index contributed by atoms with van der Waals surface area (Å²) in [5, 5.41) is 3.47. The first-order valence-electron chi connectivity index (χ1n) is 13.4. The fourth-order valence-electron chi connectivity index (χ4n) is 5.04. The lowest BCUT2D eigenvalue weighted by atomic mass is 10.0. The number of carbonyl (C=O) groups excluding carboxylic acids is 1. The average molecular weight is 577 g/mol. The van der Waals surface area contributed by atoms with E-state index in [0.29, 0.717) is 41.5 Å². The normalized spacial score (nSPS) is 16.3. The fraction of sp³-hybridized carbons (Fsp3) is 0.345. The molecule has 0 bridgehead atoms. The number of ether oxygens (including phenoxy) is 2. The Hall–Kier alpha value is -4.22. The molecule has 1 N–H and O–H groups in total. The van der Waals surface area contributed by atoms with Gasteiger partial charge >= 0.3 is 0 Å². The highest BCUT2D eigenvalue weighted by atomic mass is 35.5. The van der Waals surface area contributed by atoms with Crippen molar-refractivity contribution in [3.05, 3.63) is 83.8 Å². The zero-order chi connectivity index (χ0) is 28.8. The Morgan fingerprint density at radius 2 is 1.95 bits per heavy atom. The molecular formula is C29H33ClN8O3. The van der Waals surface area contributed by atoms with Crippen molar-refractivity contribution in [3.63, 3.8) is 0 Å². The van der Waals surface area contributed by atoms with Gasteiger partial charge in [0.15, 0.2) is 11.5 Å². The minimum absolute atomic E-state index is 0.0690. The van der Waals surface area contributed by atoms with Crippen LogP contribution in [-0.4, -0.2) is 75.2 Å². The third-order valence-corrected chi connectivity index (χ3v) is 7.29. The van der Waals surface area contributed by atoms with Crippen molar-refractivity contribution in [2.24, 2.45) is 0 Å². The maximum Gasteiger partial charge on any atom is 0.238 e. The summed E-state index contributed by atoms with van der Waals surface area (Å²) in [4.78, 5) is 35.4. The van der Waals surface area contributed by atoms with Crippen LogP contribution in [0.2, 0.25) is 5.15 Å². The first-order chi connectivity index (χ1) is 19.9. The molecule has 3 aromatic heterocycles. The molecule has 4 aromatic rings. The van der Waals surface area contributed by atoms with E-state index in [1.165, 1.54) is 0 Å². The molecule has 5 rings (SSSR count). The zero-order valence-electron chi connectivity index (χ0n) is 23.3. The number of anilines is 1.